The molecule has 1 amide bonds. The van der Waals surface area contributed by atoms with Crippen LogP contribution in [0.4, 0.5) is 0 Å². The zero-order chi connectivity index (χ0) is 14.4. The lowest BCUT2D eigenvalue weighted by atomic mass is 10.0. The fourth-order valence-corrected chi connectivity index (χ4v) is 2.41. The molecule has 0 spiro atoms. The van der Waals surface area contributed by atoms with Crippen molar-refractivity contribution in [2.24, 2.45) is 0 Å². The topological polar surface area (TPSA) is 66.8 Å². The van der Waals surface area contributed by atoms with E-state index in [1.54, 1.807) is 29.2 Å². The van der Waals surface area contributed by atoms with Crippen LogP contribution in [0.15, 0.2) is 30.3 Å². The number of ether oxygens (including phenoxy) is 1. The van der Waals surface area contributed by atoms with Crippen molar-refractivity contribution in [3.63, 3.8) is 0 Å². The first-order valence-corrected chi connectivity index (χ1v) is 6.87. The zero-order valence-electron chi connectivity index (χ0n) is 11.3. The smallest absolute Gasteiger partial charge is 0.328 e. The highest BCUT2D eigenvalue weighted by molar-refractivity contribution is 5.96. The molecule has 1 N–H and O–H groups in total. The summed E-state index contributed by atoms with van der Waals surface area (Å²) >= 11 is 0. The minimum absolute atomic E-state index is 0.0251. The number of benzene rings is 1. The van der Waals surface area contributed by atoms with E-state index in [1.807, 2.05) is 6.07 Å². The molecule has 1 aromatic rings. The summed E-state index contributed by atoms with van der Waals surface area (Å²) in [5, 5.41) is 8.71. The van der Waals surface area contributed by atoms with E-state index in [9.17, 15) is 9.59 Å². The van der Waals surface area contributed by atoms with Gasteiger partial charge in [-0.2, -0.15) is 0 Å². The number of hydrogen-bond donors (Lipinski definition) is 1. The van der Waals surface area contributed by atoms with Crippen molar-refractivity contribution >= 4 is 11.9 Å². The molecule has 1 aliphatic heterocycles. The Morgan fingerprint density at radius 3 is 2.70 bits per heavy atom. The van der Waals surface area contributed by atoms with Crippen LogP contribution in [0.2, 0.25) is 0 Å². The van der Waals surface area contributed by atoms with Gasteiger partial charge in [-0.1, -0.05) is 18.2 Å². The van der Waals surface area contributed by atoms with E-state index in [4.69, 9.17) is 9.84 Å². The van der Waals surface area contributed by atoms with Crippen LogP contribution in [0.3, 0.4) is 0 Å². The number of aliphatic hydroxyl groups is 1. The van der Waals surface area contributed by atoms with E-state index >= 15 is 0 Å². The van der Waals surface area contributed by atoms with Crippen LogP contribution < -0.4 is 0 Å². The Bertz CT molecular complexity index is 460. The fraction of sp³-hybridized carbons (Fsp3) is 0.467. The van der Waals surface area contributed by atoms with Crippen LogP contribution in [0.1, 0.15) is 29.6 Å². The second-order valence-electron chi connectivity index (χ2n) is 4.77. The minimum Gasteiger partial charge on any atom is -0.462 e. The van der Waals surface area contributed by atoms with E-state index in [0.717, 1.165) is 12.8 Å². The molecule has 1 unspecified atom stereocenters. The number of amides is 1. The van der Waals surface area contributed by atoms with Crippen LogP contribution in [0.5, 0.6) is 0 Å². The van der Waals surface area contributed by atoms with E-state index in [0.29, 0.717) is 18.5 Å². The lowest BCUT2D eigenvalue weighted by molar-refractivity contribution is -0.151. The number of hydrogen-bond acceptors (Lipinski definition) is 4. The highest BCUT2D eigenvalue weighted by atomic mass is 16.5. The van der Waals surface area contributed by atoms with E-state index in [-0.39, 0.29) is 19.1 Å². The lowest BCUT2D eigenvalue weighted by Crippen LogP contribution is -2.48. The molecular weight excluding hydrogens is 258 g/mol. The molecule has 1 fully saturated rings. The summed E-state index contributed by atoms with van der Waals surface area (Å²) in [6.07, 6.45) is 2.41. The fourth-order valence-electron chi connectivity index (χ4n) is 2.41. The molecule has 1 heterocycles. The quantitative estimate of drug-likeness (QED) is 0.840. The number of carbonyl (C=O) groups excluding carboxylic acids is 2. The Labute approximate surface area is 118 Å². The second-order valence-corrected chi connectivity index (χ2v) is 4.77. The molecule has 1 saturated heterocycles. The summed E-state index contributed by atoms with van der Waals surface area (Å²) in [7, 11) is 0. The maximum atomic E-state index is 12.5. The van der Waals surface area contributed by atoms with Gasteiger partial charge in [-0.05, 0) is 31.4 Å². The van der Waals surface area contributed by atoms with Gasteiger partial charge in [0.25, 0.3) is 5.91 Å². The number of nitrogens with zero attached hydrogens (tertiary/aromatic N) is 1. The Balaban J connectivity index is 2.10. The molecule has 5 heteroatoms. The third kappa shape index (κ3) is 3.36. The minimum atomic E-state index is -0.539. The Morgan fingerprint density at radius 2 is 2.00 bits per heavy atom. The maximum Gasteiger partial charge on any atom is 0.328 e. The standard InChI is InChI=1S/C15H19NO4/c17-10-11-20-15(19)13-8-4-5-9-16(13)14(18)12-6-2-1-3-7-12/h1-3,6-7,13,17H,4-5,8-11H2. The third-order valence-electron chi connectivity index (χ3n) is 3.39. The van der Waals surface area contributed by atoms with Crippen LogP contribution >= 0.6 is 0 Å². The number of rotatable bonds is 4. The van der Waals surface area contributed by atoms with E-state index in [2.05, 4.69) is 0 Å². The summed E-state index contributed by atoms with van der Waals surface area (Å²) in [5.74, 6) is -0.570. The number of carbonyl (C=O) groups is 2. The van der Waals surface area contributed by atoms with Crippen LogP contribution in [0.25, 0.3) is 0 Å². The average molecular weight is 277 g/mol. The van der Waals surface area contributed by atoms with Gasteiger partial charge in [0.2, 0.25) is 0 Å². The van der Waals surface area contributed by atoms with Gasteiger partial charge in [0, 0.05) is 12.1 Å². The lowest BCUT2D eigenvalue weighted by Gasteiger charge is -2.34. The van der Waals surface area contributed by atoms with Gasteiger partial charge in [0.1, 0.15) is 12.6 Å². The summed E-state index contributed by atoms with van der Waals surface area (Å²) < 4.78 is 4.96. The molecule has 1 aliphatic rings. The molecule has 0 saturated carbocycles. The second kappa shape index (κ2) is 7.05. The molecule has 0 bridgehead atoms. The van der Waals surface area contributed by atoms with Gasteiger partial charge in [-0.15, -0.1) is 0 Å². The van der Waals surface area contributed by atoms with Gasteiger partial charge < -0.3 is 14.7 Å². The van der Waals surface area contributed by atoms with Crippen LogP contribution in [0, 0.1) is 0 Å². The summed E-state index contributed by atoms with van der Waals surface area (Å²) in [5.41, 5.74) is 0.578. The third-order valence-corrected chi connectivity index (χ3v) is 3.39. The molecule has 0 radical (unpaired) electrons. The van der Waals surface area contributed by atoms with Gasteiger partial charge >= 0.3 is 5.97 Å². The predicted octanol–water partition coefficient (Wildman–Crippen LogP) is 1.22. The van der Waals surface area contributed by atoms with Gasteiger partial charge in [-0.25, -0.2) is 4.79 Å². The average Bonchev–Trinajstić information content (AvgIpc) is 2.52. The van der Waals surface area contributed by atoms with Gasteiger partial charge in [0.15, 0.2) is 0 Å². The number of likely N-dealkylation sites (tertiary alicyclic amines) is 1. The molecule has 2 rings (SSSR count). The van der Waals surface area contributed by atoms with Crippen molar-refractivity contribution in [3.8, 4) is 0 Å². The molecule has 1 atom stereocenters. The zero-order valence-corrected chi connectivity index (χ0v) is 11.3. The van der Waals surface area contributed by atoms with E-state index in [1.165, 1.54) is 0 Å². The van der Waals surface area contributed by atoms with Crippen molar-refractivity contribution in [2.45, 2.75) is 25.3 Å². The number of piperidine rings is 1. The molecular formula is C15H19NO4. The monoisotopic (exact) mass is 277 g/mol. The summed E-state index contributed by atoms with van der Waals surface area (Å²) in [6.45, 7) is 0.334. The highest BCUT2D eigenvalue weighted by Crippen LogP contribution is 2.20. The van der Waals surface area contributed by atoms with Crippen molar-refractivity contribution in [3.05, 3.63) is 35.9 Å². The molecule has 0 aliphatic carbocycles. The van der Waals surface area contributed by atoms with Crippen molar-refractivity contribution in [1.29, 1.82) is 0 Å². The first kappa shape index (κ1) is 14.5. The van der Waals surface area contributed by atoms with Crippen LogP contribution in [-0.2, 0) is 9.53 Å². The highest BCUT2D eigenvalue weighted by Gasteiger charge is 2.33. The first-order chi connectivity index (χ1) is 9.74. The Hall–Kier alpha value is -1.88. The molecule has 5 nitrogen and oxygen atoms in total. The van der Waals surface area contributed by atoms with Crippen molar-refractivity contribution in [1.82, 2.24) is 4.90 Å². The maximum absolute atomic E-state index is 12.5. The Kier molecular flexibility index (Phi) is 5.12. The summed E-state index contributed by atoms with van der Waals surface area (Å²) in [4.78, 5) is 26.0. The van der Waals surface area contributed by atoms with Gasteiger partial charge in [-0.3, -0.25) is 4.79 Å². The molecule has 108 valence electrons. The van der Waals surface area contributed by atoms with Crippen LogP contribution in [-0.4, -0.2) is 47.7 Å². The Morgan fingerprint density at radius 1 is 1.25 bits per heavy atom. The molecule has 20 heavy (non-hydrogen) atoms. The van der Waals surface area contributed by atoms with E-state index < -0.39 is 12.0 Å². The molecule has 1 aromatic carbocycles. The molecule has 0 aromatic heterocycles. The first-order valence-electron chi connectivity index (χ1n) is 6.87. The summed E-state index contributed by atoms with van der Waals surface area (Å²) in [6, 6.07) is 8.40. The van der Waals surface area contributed by atoms with Gasteiger partial charge in [0.05, 0.1) is 6.61 Å². The van der Waals surface area contributed by atoms with Crippen molar-refractivity contribution in [2.75, 3.05) is 19.8 Å². The largest absolute Gasteiger partial charge is 0.462 e. The number of esters is 1. The van der Waals surface area contributed by atoms with Crippen molar-refractivity contribution < 1.29 is 19.4 Å². The normalized spacial score (nSPS) is 18.6. The number of aliphatic hydroxyl groups excluding tert-OH is 1. The SMILES string of the molecule is O=C(OCCO)C1CCCCN1C(=O)c1ccccc1. The predicted molar refractivity (Wildman–Crippen MR) is 73.2 cm³/mol.